The summed E-state index contributed by atoms with van der Waals surface area (Å²) in [5, 5.41) is 6.08. The average molecular weight is 626 g/mol. The van der Waals surface area contributed by atoms with Gasteiger partial charge in [-0.1, -0.05) is 39.7 Å². The standard InChI is InChI=1S/C30H51N5O7S/c1-10-25(14-12-13-16-31-22(5)23(6)41-8)35(18-19-43(39)40)30(42-9)32-28(37)27(21(3)4)33(7)29(38)24-15-17-34(20-24)26(36)11-2/h10-11,14,21,23-24,27,30-31,43H,1-2,5,12-13,15-20H2,3-4,6-9H3,(H,32,37)/b25-14+/t23-,24-,27-,30?/m0/s1. The minimum Gasteiger partial charge on any atom is -0.387 e. The lowest BCUT2D eigenvalue weighted by atomic mass is 9.99. The number of nitrogens with zero attached hydrogens (tertiary/aromatic N) is 3. The van der Waals surface area contributed by atoms with Crippen molar-refractivity contribution in [1.29, 1.82) is 0 Å². The molecule has 0 aromatic heterocycles. The molecule has 12 nitrogen and oxygen atoms in total. The number of hydrogen-bond donors (Lipinski definition) is 3. The molecule has 0 aliphatic carbocycles. The first-order valence-electron chi connectivity index (χ1n) is 14.5. The van der Waals surface area contributed by atoms with E-state index in [0.29, 0.717) is 31.6 Å². The van der Waals surface area contributed by atoms with Gasteiger partial charge in [0.15, 0.2) is 0 Å². The normalized spacial score (nSPS) is 17.3. The predicted molar refractivity (Wildman–Crippen MR) is 168 cm³/mol. The number of methoxy groups -OCH3 is 2. The van der Waals surface area contributed by atoms with Gasteiger partial charge in [0.05, 0.1) is 17.8 Å². The van der Waals surface area contributed by atoms with Gasteiger partial charge in [0, 0.05) is 58.8 Å². The number of hydrogen-bond acceptors (Lipinski definition) is 9. The van der Waals surface area contributed by atoms with Crippen LogP contribution in [0.25, 0.3) is 0 Å². The monoisotopic (exact) mass is 625 g/mol. The maximum Gasteiger partial charge on any atom is 0.246 e. The number of ether oxygens (including phenoxy) is 2. The number of allylic oxidation sites excluding steroid dienone is 2. The van der Waals surface area contributed by atoms with E-state index in [2.05, 4.69) is 30.4 Å². The Hall–Kier alpha value is -3.16. The highest BCUT2D eigenvalue weighted by Crippen LogP contribution is 2.22. The summed E-state index contributed by atoms with van der Waals surface area (Å²) in [5.74, 6) is -1.76. The molecule has 3 amide bonds. The summed E-state index contributed by atoms with van der Waals surface area (Å²) in [4.78, 5) is 43.6. The van der Waals surface area contributed by atoms with Gasteiger partial charge in [0.2, 0.25) is 24.1 Å². The smallest absolute Gasteiger partial charge is 0.246 e. The fraction of sp³-hybridized carbons (Fsp3) is 0.633. The second-order valence-corrected chi connectivity index (χ2v) is 11.9. The summed E-state index contributed by atoms with van der Waals surface area (Å²) in [6, 6.07) is -0.836. The fourth-order valence-corrected chi connectivity index (χ4v) is 5.27. The van der Waals surface area contributed by atoms with Crippen LogP contribution in [0.2, 0.25) is 0 Å². The molecule has 43 heavy (non-hydrogen) atoms. The number of nitrogens with one attached hydrogen (secondary N) is 2. The Morgan fingerprint density at radius 2 is 1.79 bits per heavy atom. The molecule has 0 spiro atoms. The van der Waals surface area contributed by atoms with Crippen molar-refractivity contribution in [1.82, 2.24) is 25.3 Å². The second kappa shape index (κ2) is 19.2. The minimum atomic E-state index is -2.69. The van der Waals surface area contributed by atoms with Gasteiger partial charge >= 0.3 is 0 Å². The summed E-state index contributed by atoms with van der Waals surface area (Å²) in [6.07, 6.45) is 5.45. The summed E-state index contributed by atoms with van der Waals surface area (Å²) < 4.78 is 33.9. The van der Waals surface area contributed by atoms with Crippen molar-refractivity contribution in [2.45, 2.75) is 58.5 Å². The van der Waals surface area contributed by atoms with Crippen molar-refractivity contribution < 1.29 is 32.3 Å². The average Bonchev–Trinajstić information content (AvgIpc) is 3.47. The molecule has 1 rings (SSSR count). The molecule has 0 aromatic carbocycles. The van der Waals surface area contributed by atoms with Crippen molar-refractivity contribution >= 4 is 28.4 Å². The van der Waals surface area contributed by atoms with E-state index in [1.807, 2.05) is 26.8 Å². The largest absolute Gasteiger partial charge is 0.387 e. The molecular formula is C30H51N5O7S. The Morgan fingerprint density at radius 1 is 1.12 bits per heavy atom. The molecule has 0 bridgehead atoms. The van der Waals surface area contributed by atoms with Crippen LogP contribution in [-0.2, 0) is 34.6 Å². The highest BCUT2D eigenvalue weighted by atomic mass is 32.2. The molecule has 1 fully saturated rings. The van der Waals surface area contributed by atoms with E-state index in [4.69, 9.17) is 9.47 Å². The molecular weight excluding hydrogens is 574 g/mol. The van der Waals surface area contributed by atoms with Crippen LogP contribution in [0.3, 0.4) is 0 Å². The second-order valence-electron chi connectivity index (χ2n) is 10.8. The van der Waals surface area contributed by atoms with Gasteiger partial charge in [-0.3, -0.25) is 14.4 Å². The SMILES string of the molecule is C=CC(=O)N1CC[C@H](C(=O)N(C)[C@H](C(=O)NC(OC)N(CC[SH](=O)=O)/C(C=C)=C/CCCNC(=C)[C@H](C)OC)C(C)C)C1. The number of carbonyl (C=O) groups is 3. The zero-order valence-electron chi connectivity index (χ0n) is 26.5. The molecule has 0 aromatic rings. The molecule has 1 saturated heterocycles. The Balaban J connectivity index is 3.07. The Labute approximate surface area is 258 Å². The first-order valence-corrected chi connectivity index (χ1v) is 15.9. The van der Waals surface area contributed by atoms with Gasteiger partial charge in [-0.25, -0.2) is 8.42 Å². The predicted octanol–water partition coefficient (Wildman–Crippen LogP) is 1.45. The number of thiol groups is 1. The number of amides is 3. The van der Waals surface area contributed by atoms with E-state index in [-0.39, 0.29) is 42.7 Å². The van der Waals surface area contributed by atoms with Crippen LogP contribution in [0.15, 0.2) is 49.4 Å². The third kappa shape index (κ3) is 11.8. The third-order valence-electron chi connectivity index (χ3n) is 7.46. The molecule has 1 heterocycles. The molecule has 13 heteroatoms. The zero-order valence-corrected chi connectivity index (χ0v) is 27.4. The van der Waals surface area contributed by atoms with Crippen molar-refractivity contribution in [3.63, 3.8) is 0 Å². The molecule has 244 valence electrons. The van der Waals surface area contributed by atoms with Gasteiger partial charge in [-0.05, 0) is 44.3 Å². The number of carbonyl (C=O) groups excluding carboxylic acids is 3. The van der Waals surface area contributed by atoms with E-state index < -0.39 is 34.9 Å². The van der Waals surface area contributed by atoms with Gasteiger partial charge in [0.25, 0.3) is 0 Å². The van der Waals surface area contributed by atoms with Crippen LogP contribution in [0.5, 0.6) is 0 Å². The summed E-state index contributed by atoms with van der Waals surface area (Å²) in [7, 11) is 1.91. The molecule has 0 radical (unpaired) electrons. The van der Waals surface area contributed by atoms with Crippen molar-refractivity contribution in [3.05, 3.63) is 49.4 Å². The lowest BCUT2D eigenvalue weighted by Gasteiger charge is -2.37. The molecule has 0 saturated carbocycles. The van der Waals surface area contributed by atoms with Crippen LogP contribution >= 0.6 is 0 Å². The first kappa shape index (κ1) is 37.9. The molecule has 1 unspecified atom stereocenters. The number of likely N-dealkylation sites (N-methyl/N-ethyl adjacent to an activating group) is 1. The van der Waals surface area contributed by atoms with Crippen molar-refractivity contribution in [3.8, 4) is 0 Å². The topological polar surface area (TPSA) is 138 Å². The van der Waals surface area contributed by atoms with Crippen LogP contribution in [0.4, 0.5) is 0 Å². The highest BCUT2D eigenvalue weighted by Gasteiger charge is 2.38. The van der Waals surface area contributed by atoms with Crippen LogP contribution < -0.4 is 10.6 Å². The highest BCUT2D eigenvalue weighted by molar-refractivity contribution is 7.72. The van der Waals surface area contributed by atoms with Gasteiger partial charge in [0.1, 0.15) is 16.7 Å². The van der Waals surface area contributed by atoms with Crippen molar-refractivity contribution in [2.24, 2.45) is 11.8 Å². The van der Waals surface area contributed by atoms with E-state index in [1.165, 1.54) is 18.1 Å². The number of likely N-dealkylation sites (tertiary alicyclic amines) is 1. The Bertz CT molecular complexity index is 1080. The van der Waals surface area contributed by atoms with E-state index in [0.717, 1.165) is 12.1 Å². The summed E-state index contributed by atoms with van der Waals surface area (Å²) in [5.41, 5.74) is 1.37. The molecule has 1 aliphatic heterocycles. The van der Waals surface area contributed by atoms with Gasteiger partial charge in [-0.15, -0.1) is 0 Å². The molecule has 4 atom stereocenters. The van der Waals surface area contributed by atoms with Gasteiger partial charge in [-0.2, -0.15) is 0 Å². The van der Waals surface area contributed by atoms with Gasteiger partial charge < -0.3 is 34.8 Å². The van der Waals surface area contributed by atoms with E-state index >= 15 is 0 Å². The van der Waals surface area contributed by atoms with Crippen LogP contribution in [0.1, 0.15) is 40.0 Å². The summed E-state index contributed by atoms with van der Waals surface area (Å²) in [6.45, 7) is 18.3. The third-order valence-corrected chi connectivity index (χ3v) is 8.02. The lowest BCUT2D eigenvalue weighted by Crippen LogP contribution is -2.57. The van der Waals surface area contributed by atoms with E-state index in [9.17, 15) is 22.8 Å². The minimum absolute atomic E-state index is 0.0477. The maximum absolute atomic E-state index is 13.6. The Morgan fingerprint density at radius 3 is 2.33 bits per heavy atom. The Kier molecular flexibility index (Phi) is 16.9. The van der Waals surface area contributed by atoms with E-state index in [1.54, 1.807) is 30.0 Å². The quantitative estimate of drug-likeness (QED) is 0.0604. The van der Waals surface area contributed by atoms with Crippen LogP contribution in [-0.4, -0.2) is 113 Å². The lowest BCUT2D eigenvalue weighted by molar-refractivity contribution is -0.147. The first-order chi connectivity index (χ1) is 20.3. The van der Waals surface area contributed by atoms with Crippen LogP contribution in [0, 0.1) is 11.8 Å². The summed E-state index contributed by atoms with van der Waals surface area (Å²) >= 11 is 0. The molecule has 1 aliphatic rings. The number of rotatable bonds is 20. The fourth-order valence-electron chi connectivity index (χ4n) is 4.89. The number of unbranched alkanes of at least 4 members (excludes halogenated alkanes) is 1. The zero-order chi connectivity index (χ0) is 32.7. The maximum atomic E-state index is 13.6. The molecule has 2 N–H and O–H groups in total. The van der Waals surface area contributed by atoms with Crippen molar-refractivity contribution in [2.75, 3.05) is 53.2 Å².